The molecule has 3 heterocycles. The molecular formula is C38H34N2O6. The second-order valence-corrected chi connectivity index (χ2v) is 11.8. The van der Waals surface area contributed by atoms with Crippen molar-refractivity contribution in [3.63, 3.8) is 0 Å². The van der Waals surface area contributed by atoms with Crippen LogP contribution < -0.4 is 19.5 Å². The monoisotopic (exact) mass is 614 g/mol. The lowest BCUT2D eigenvalue weighted by Gasteiger charge is -2.38. The molecule has 1 amide bonds. The minimum atomic E-state index is -1.41. The third-order valence-corrected chi connectivity index (χ3v) is 9.40. The van der Waals surface area contributed by atoms with Crippen molar-refractivity contribution in [3.05, 3.63) is 125 Å². The lowest BCUT2D eigenvalue weighted by Crippen LogP contribution is -2.49. The molecule has 4 atom stereocenters. The maximum Gasteiger partial charge on any atom is 0.238 e. The average Bonchev–Trinajstić information content (AvgIpc) is 3.58. The van der Waals surface area contributed by atoms with Crippen molar-refractivity contribution in [3.8, 4) is 17.2 Å². The van der Waals surface area contributed by atoms with Crippen molar-refractivity contribution in [1.29, 1.82) is 0 Å². The highest BCUT2D eigenvalue weighted by Gasteiger charge is 2.70. The minimum absolute atomic E-state index is 0.298. The zero-order valence-corrected chi connectivity index (χ0v) is 25.9. The SMILES string of the molecule is CCCOc1ccc(C(=O)[C@@H]2[C@H](C(=O)c3ccc(OC)c(OC)c3)N3C=Cc4ccccc4[C@H]3[C@]23C(=O)Nc2ccccc23)cc1. The molecule has 0 saturated carbocycles. The van der Waals surface area contributed by atoms with Gasteiger partial charge in [0.2, 0.25) is 5.91 Å². The van der Waals surface area contributed by atoms with Gasteiger partial charge in [-0.25, -0.2) is 0 Å². The first kappa shape index (κ1) is 29.3. The molecule has 1 N–H and O–H groups in total. The Morgan fingerprint density at radius 2 is 1.57 bits per heavy atom. The molecule has 0 aromatic heterocycles. The lowest BCUT2D eigenvalue weighted by molar-refractivity contribution is -0.122. The van der Waals surface area contributed by atoms with Crippen molar-refractivity contribution in [1.82, 2.24) is 4.90 Å². The normalized spacial score (nSPS) is 22.1. The summed E-state index contributed by atoms with van der Waals surface area (Å²) in [6.45, 7) is 2.58. The van der Waals surface area contributed by atoms with Gasteiger partial charge >= 0.3 is 0 Å². The Balaban J connectivity index is 1.47. The Labute approximate surface area is 267 Å². The molecule has 4 aromatic carbocycles. The van der Waals surface area contributed by atoms with Gasteiger partial charge in [0.05, 0.1) is 32.8 Å². The van der Waals surface area contributed by atoms with Crippen LogP contribution in [0.5, 0.6) is 17.2 Å². The predicted molar refractivity (Wildman–Crippen MR) is 175 cm³/mol. The molecule has 0 bridgehead atoms. The number of para-hydroxylation sites is 1. The Kier molecular flexibility index (Phi) is 7.35. The number of amides is 1. The molecule has 1 saturated heterocycles. The summed E-state index contributed by atoms with van der Waals surface area (Å²) in [5.41, 5.74) is 2.47. The highest BCUT2D eigenvalue weighted by Crippen LogP contribution is 2.62. The van der Waals surface area contributed by atoms with Gasteiger partial charge in [0.1, 0.15) is 17.2 Å². The van der Waals surface area contributed by atoms with Gasteiger partial charge in [-0.05, 0) is 77.7 Å². The molecule has 0 aliphatic carbocycles. The number of ether oxygens (including phenoxy) is 3. The fourth-order valence-electron chi connectivity index (χ4n) is 7.44. The van der Waals surface area contributed by atoms with E-state index in [1.165, 1.54) is 14.2 Å². The van der Waals surface area contributed by atoms with Crippen molar-refractivity contribution in [2.75, 3.05) is 26.1 Å². The van der Waals surface area contributed by atoms with Crippen molar-refractivity contribution in [2.45, 2.75) is 30.8 Å². The number of hydrogen-bond acceptors (Lipinski definition) is 7. The summed E-state index contributed by atoms with van der Waals surface area (Å²) >= 11 is 0. The van der Waals surface area contributed by atoms with Crippen LogP contribution in [0.2, 0.25) is 0 Å². The molecule has 8 heteroatoms. The average molecular weight is 615 g/mol. The maximum absolute atomic E-state index is 15.0. The molecule has 4 aromatic rings. The summed E-state index contributed by atoms with van der Waals surface area (Å²) in [6, 6.07) is 25.6. The van der Waals surface area contributed by atoms with Crippen molar-refractivity contribution in [2.24, 2.45) is 5.92 Å². The molecule has 232 valence electrons. The summed E-state index contributed by atoms with van der Waals surface area (Å²) in [5.74, 6) is -0.466. The van der Waals surface area contributed by atoms with Crippen molar-refractivity contribution < 1.29 is 28.6 Å². The van der Waals surface area contributed by atoms with Crippen LogP contribution >= 0.6 is 0 Å². The molecule has 1 fully saturated rings. The van der Waals surface area contributed by atoms with Crippen LogP contribution in [0.3, 0.4) is 0 Å². The van der Waals surface area contributed by atoms with E-state index in [0.29, 0.717) is 46.2 Å². The zero-order valence-electron chi connectivity index (χ0n) is 25.9. The molecule has 8 nitrogen and oxygen atoms in total. The number of anilines is 1. The third kappa shape index (κ3) is 4.31. The number of carbonyl (C=O) groups excluding carboxylic acids is 3. The van der Waals surface area contributed by atoms with E-state index < -0.39 is 23.4 Å². The van der Waals surface area contributed by atoms with E-state index in [0.717, 1.165) is 17.5 Å². The number of carbonyl (C=O) groups is 3. The summed E-state index contributed by atoms with van der Waals surface area (Å²) < 4.78 is 16.7. The number of hydrogen-bond donors (Lipinski definition) is 1. The van der Waals surface area contributed by atoms with Crippen LogP contribution in [0.15, 0.2) is 97.2 Å². The smallest absolute Gasteiger partial charge is 0.238 e. The van der Waals surface area contributed by atoms with Crippen LogP contribution in [0, 0.1) is 5.92 Å². The number of methoxy groups -OCH3 is 2. The number of rotatable bonds is 9. The molecular weight excluding hydrogens is 580 g/mol. The highest BCUT2D eigenvalue weighted by atomic mass is 16.5. The van der Waals surface area contributed by atoms with Gasteiger partial charge in [-0.3, -0.25) is 14.4 Å². The van der Waals surface area contributed by atoms with E-state index >= 15 is 4.79 Å². The number of ketones is 2. The minimum Gasteiger partial charge on any atom is -0.494 e. The summed E-state index contributed by atoms with van der Waals surface area (Å²) in [4.78, 5) is 46.5. The van der Waals surface area contributed by atoms with Gasteiger partial charge in [-0.1, -0.05) is 49.4 Å². The fraction of sp³-hybridized carbons (Fsp3) is 0.237. The van der Waals surface area contributed by atoms with E-state index in [4.69, 9.17) is 14.2 Å². The van der Waals surface area contributed by atoms with Gasteiger partial charge in [0.25, 0.3) is 0 Å². The van der Waals surface area contributed by atoms with Gasteiger partial charge in [-0.2, -0.15) is 0 Å². The lowest BCUT2D eigenvalue weighted by atomic mass is 9.62. The number of nitrogens with one attached hydrogen (secondary N) is 1. The van der Waals surface area contributed by atoms with E-state index in [-0.39, 0.29) is 17.5 Å². The van der Waals surface area contributed by atoms with Crippen LogP contribution in [-0.4, -0.2) is 49.2 Å². The topological polar surface area (TPSA) is 94.2 Å². The van der Waals surface area contributed by atoms with E-state index in [1.807, 2.05) is 72.6 Å². The largest absolute Gasteiger partial charge is 0.494 e. The highest BCUT2D eigenvalue weighted by molar-refractivity contribution is 6.16. The van der Waals surface area contributed by atoms with Crippen molar-refractivity contribution >= 4 is 29.2 Å². The molecule has 46 heavy (non-hydrogen) atoms. The Morgan fingerprint density at radius 3 is 2.33 bits per heavy atom. The first-order valence-electron chi connectivity index (χ1n) is 15.4. The van der Waals surface area contributed by atoms with E-state index in [9.17, 15) is 9.59 Å². The molecule has 1 spiro atoms. The zero-order chi connectivity index (χ0) is 32.0. The van der Waals surface area contributed by atoms with Gasteiger partial charge in [-0.15, -0.1) is 0 Å². The van der Waals surface area contributed by atoms with Crippen LogP contribution in [0.4, 0.5) is 5.69 Å². The summed E-state index contributed by atoms with van der Waals surface area (Å²) in [7, 11) is 3.04. The fourth-order valence-corrected chi connectivity index (χ4v) is 7.44. The Bertz CT molecular complexity index is 1880. The number of benzene rings is 4. The van der Waals surface area contributed by atoms with Crippen LogP contribution in [0.25, 0.3) is 6.08 Å². The molecule has 3 aliphatic heterocycles. The molecule has 0 radical (unpaired) electrons. The standard InChI is InChI=1S/C38H34N2O6/c1-4-21-46-26-16-13-24(14-17-26)34(41)32-33(35(42)25-15-18-30(44-2)31(22-25)45-3)40-20-19-23-9-5-6-10-27(23)36(40)38(32)28-11-7-8-12-29(28)39-37(38)43/h5-20,22,32-33,36H,4,21H2,1-3H3,(H,39,43)/t32-,33+,36-,38+/m0/s1. The maximum atomic E-state index is 15.0. The molecule has 7 rings (SSSR count). The van der Waals surface area contributed by atoms with E-state index in [1.54, 1.807) is 42.5 Å². The quantitative estimate of drug-likeness (QED) is 0.216. The van der Waals surface area contributed by atoms with Crippen LogP contribution in [-0.2, 0) is 10.2 Å². The second-order valence-electron chi connectivity index (χ2n) is 11.8. The van der Waals surface area contributed by atoms with Gasteiger partial charge in [0.15, 0.2) is 23.1 Å². The van der Waals surface area contributed by atoms with Gasteiger partial charge < -0.3 is 24.4 Å². The number of Topliss-reactive ketones (excluding diaryl/α,β-unsaturated/α-hetero) is 2. The first-order chi connectivity index (χ1) is 22.4. The summed E-state index contributed by atoms with van der Waals surface area (Å²) in [5, 5.41) is 3.09. The third-order valence-electron chi connectivity index (χ3n) is 9.40. The second kappa shape index (κ2) is 11.5. The number of nitrogens with zero attached hydrogens (tertiary/aromatic N) is 1. The Hall–Kier alpha value is -5.37. The number of fused-ring (bicyclic) bond motifs is 6. The Morgan fingerprint density at radius 1 is 0.848 bits per heavy atom. The van der Waals surface area contributed by atoms with Gasteiger partial charge in [0, 0.05) is 23.0 Å². The first-order valence-corrected chi connectivity index (χ1v) is 15.4. The molecule has 3 aliphatic rings. The van der Waals surface area contributed by atoms with Crippen LogP contribution in [0.1, 0.15) is 56.8 Å². The predicted octanol–water partition coefficient (Wildman–Crippen LogP) is 6.47. The van der Waals surface area contributed by atoms with E-state index in [2.05, 4.69) is 5.32 Å². The summed E-state index contributed by atoms with van der Waals surface area (Å²) in [6.07, 6.45) is 4.66. The molecule has 0 unspecified atom stereocenters.